The van der Waals surface area contributed by atoms with E-state index in [2.05, 4.69) is 0 Å². The van der Waals surface area contributed by atoms with Crippen LogP contribution in [-0.2, 0) is 24.4 Å². The van der Waals surface area contributed by atoms with Crippen LogP contribution in [0.5, 0.6) is 0 Å². The first kappa shape index (κ1) is 22.3. The van der Waals surface area contributed by atoms with Crippen LogP contribution in [0.2, 0.25) is 0 Å². The molecule has 1 atom stereocenters. The van der Waals surface area contributed by atoms with Gasteiger partial charge in [0.25, 0.3) is 19.0 Å². The zero-order valence-electron chi connectivity index (χ0n) is 13.3. The van der Waals surface area contributed by atoms with Crippen LogP contribution in [0.3, 0.4) is 0 Å². The summed E-state index contributed by atoms with van der Waals surface area (Å²) in [5, 5.41) is 0. The molecule has 4 nitrogen and oxygen atoms in total. The van der Waals surface area contributed by atoms with Gasteiger partial charge in [-0.25, -0.2) is 17.0 Å². The van der Waals surface area contributed by atoms with Crippen molar-refractivity contribution < 1.29 is 47.9 Å². The van der Waals surface area contributed by atoms with E-state index >= 15 is 0 Å². The molecule has 0 aliphatic rings. The standard InChI is InChI=1S/C15H9F7O4S2/c16-11-5-1-9(2-6-11)13(14(17,18)19,15(20,21)22)10-3-7-12(8-4-10)28(25,26)27(23)24/h1-8H,(H,23,24). The van der Waals surface area contributed by atoms with E-state index in [9.17, 15) is 43.4 Å². The van der Waals surface area contributed by atoms with Crippen LogP contribution in [0.4, 0.5) is 30.7 Å². The number of hydrogen-bond acceptors (Lipinski definition) is 3. The molecule has 13 heteroatoms. The molecule has 0 aliphatic carbocycles. The highest BCUT2D eigenvalue weighted by molar-refractivity contribution is 8.62. The predicted octanol–water partition coefficient (Wildman–Crippen LogP) is 4.15. The Morgan fingerprint density at radius 1 is 0.750 bits per heavy atom. The van der Waals surface area contributed by atoms with Crippen molar-refractivity contribution in [3.05, 3.63) is 65.5 Å². The van der Waals surface area contributed by atoms with E-state index in [0.29, 0.717) is 36.4 Å². The largest absolute Gasteiger partial charge is 0.411 e. The van der Waals surface area contributed by atoms with E-state index in [1.807, 2.05) is 0 Å². The van der Waals surface area contributed by atoms with E-state index in [1.54, 1.807) is 0 Å². The Labute approximate surface area is 155 Å². The molecular weight excluding hydrogens is 441 g/mol. The van der Waals surface area contributed by atoms with Gasteiger partial charge in [0, 0.05) is 0 Å². The average Bonchev–Trinajstić information content (AvgIpc) is 2.55. The normalized spacial score (nSPS) is 14.7. The topological polar surface area (TPSA) is 71.4 Å². The fourth-order valence-electron chi connectivity index (χ4n) is 2.64. The van der Waals surface area contributed by atoms with Crippen LogP contribution in [-0.4, -0.2) is 29.5 Å². The van der Waals surface area contributed by atoms with E-state index in [-0.39, 0.29) is 12.1 Å². The Morgan fingerprint density at radius 2 is 1.11 bits per heavy atom. The molecule has 2 aromatic carbocycles. The molecule has 0 aliphatic heterocycles. The summed E-state index contributed by atoms with van der Waals surface area (Å²) in [6, 6.07) is 2.69. The van der Waals surface area contributed by atoms with E-state index in [4.69, 9.17) is 4.55 Å². The maximum absolute atomic E-state index is 13.8. The quantitative estimate of drug-likeness (QED) is 0.432. The summed E-state index contributed by atoms with van der Waals surface area (Å²) >= 11 is 0. The van der Waals surface area contributed by atoms with Crippen LogP contribution in [0.1, 0.15) is 11.1 Å². The van der Waals surface area contributed by atoms with Gasteiger partial charge >= 0.3 is 12.4 Å². The lowest BCUT2D eigenvalue weighted by Gasteiger charge is -2.38. The molecular formula is C15H9F7O4S2. The average molecular weight is 450 g/mol. The molecule has 1 N–H and O–H groups in total. The molecule has 0 bridgehead atoms. The van der Waals surface area contributed by atoms with Gasteiger partial charge in [0.05, 0.1) is 4.90 Å². The molecule has 1 unspecified atom stereocenters. The molecule has 0 fully saturated rings. The lowest BCUT2D eigenvalue weighted by Crippen LogP contribution is -2.54. The second-order valence-electron chi connectivity index (χ2n) is 5.45. The Kier molecular flexibility index (Phi) is 5.67. The maximum atomic E-state index is 13.8. The van der Waals surface area contributed by atoms with Crippen molar-refractivity contribution in [2.45, 2.75) is 22.7 Å². The van der Waals surface area contributed by atoms with Gasteiger partial charge in [0.1, 0.15) is 5.82 Å². The summed E-state index contributed by atoms with van der Waals surface area (Å²) in [7, 11) is -8.31. The second kappa shape index (κ2) is 7.12. The molecule has 28 heavy (non-hydrogen) atoms. The van der Waals surface area contributed by atoms with Crippen LogP contribution in [0, 0.1) is 5.82 Å². The molecule has 2 rings (SSSR count). The third-order valence-corrected chi connectivity index (χ3v) is 6.82. The molecule has 0 heterocycles. The Hall–Kier alpha value is -1.99. The molecule has 0 saturated carbocycles. The highest BCUT2D eigenvalue weighted by atomic mass is 33.2. The monoisotopic (exact) mass is 450 g/mol. The fourth-order valence-corrected chi connectivity index (χ4v) is 4.10. The zero-order valence-corrected chi connectivity index (χ0v) is 14.9. The lowest BCUT2D eigenvalue weighted by atomic mass is 9.73. The van der Waals surface area contributed by atoms with E-state index in [1.165, 1.54) is 0 Å². The Balaban J connectivity index is 2.83. The Bertz CT molecular complexity index is 965. The van der Waals surface area contributed by atoms with Crippen molar-refractivity contribution in [1.82, 2.24) is 0 Å². The second-order valence-corrected chi connectivity index (χ2v) is 9.43. The first-order valence-corrected chi connectivity index (χ1v) is 10.1. The van der Waals surface area contributed by atoms with Crippen LogP contribution in [0.25, 0.3) is 0 Å². The van der Waals surface area contributed by atoms with Crippen molar-refractivity contribution >= 4 is 19.0 Å². The third-order valence-electron chi connectivity index (χ3n) is 3.89. The highest BCUT2D eigenvalue weighted by Crippen LogP contribution is 2.56. The van der Waals surface area contributed by atoms with Gasteiger partial charge in [0.2, 0.25) is 5.41 Å². The predicted molar refractivity (Wildman–Crippen MR) is 83.7 cm³/mol. The minimum atomic E-state index is -5.94. The fraction of sp³-hybridized carbons (Fsp3) is 0.200. The molecule has 0 radical (unpaired) electrons. The SMILES string of the molecule is O=S(O)S(=O)(=O)c1ccc(C(c2ccc(F)cc2)(C(F)(F)F)C(F)(F)F)cc1. The molecule has 0 amide bonds. The molecule has 154 valence electrons. The van der Waals surface area contributed by atoms with Crippen LogP contribution in [0.15, 0.2) is 53.4 Å². The molecule has 0 spiro atoms. The van der Waals surface area contributed by atoms with Crippen molar-refractivity contribution in [1.29, 1.82) is 0 Å². The number of benzene rings is 2. The first-order chi connectivity index (χ1) is 12.7. The third kappa shape index (κ3) is 3.53. The van der Waals surface area contributed by atoms with Crippen molar-refractivity contribution in [3.8, 4) is 0 Å². The summed E-state index contributed by atoms with van der Waals surface area (Å²) < 4.78 is 138. The number of halogens is 7. The van der Waals surface area contributed by atoms with Crippen molar-refractivity contribution in [3.63, 3.8) is 0 Å². The zero-order chi connectivity index (χ0) is 21.5. The van der Waals surface area contributed by atoms with Gasteiger partial charge in [0.15, 0.2) is 0 Å². The first-order valence-electron chi connectivity index (χ1n) is 7.02. The number of alkyl halides is 6. The van der Waals surface area contributed by atoms with Gasteiger partial charge in [-0.2, -0.15) is 26.3 Å². The summed E-state index contributed by atoms with van der Waals surface area (Å²) in [5.74, 6) is -1.06. The molecule has 2 aromatic rings. The summed E-state index contributed by atoms with van der Waals surface area (Å²) in [6.07, 6.45) is -11.9. The Morgan fingerprint density at radius 3 is 1.43 bits per heavy atom. The van der Waals surface area contributed by atoms with Crippen molar-refractivity contribution in [2.24, 2.45) is 0 Å². The minimum Gasteiger partial charge on any atom is -0.294 e. The summed E-state index contributed by atoms with van der Waals surface area (Å²) in [5.41, 5.74) is -7.33. The van der Waals surface area contributed by atoms with E-state index < -0.39 is 58.6 Å². The van der Waals surface area contributed by atoms with Gasteiger partial charge in [-0.1, -0.05) is 24.3 Å². The lowest BCUT2D eigenvalue weighted by molar-refractivity contribution is -0.288. The summed E-state index contributed by atoms with van der Waals surface area (Å²) in [6.45, 7) is 0. The molecule has 0 saturated heterocycles. The molecule has 0 aromatic heterocycles. The smallest absolute Gasteiger partial charge is 0.294 e. The van der Waals surface area contributed by atoms with E-state index in [0.717, 1.165) is 0 Å². The summed E-state index contributed by atoms with van der Waals surface area (Å²) in [4.78, 5) is -0.950. The maximum Gasteiger partial charge on any atom is 0.411 e. The van der Waals surface area contributed by atoms with Gasteiger partial charge < -0.3 is 0 Å². The number of rotatable bonds is 4. The van der Waals surface area contributed by atoms with Gasteiger partial charge in [-0.3, -0.25) is 4.55 Å². The number of hydrogen-bond donors (Lipinski definition) is 1. The van der Waals surface area contributed by atoms with Crippen molar-refractivity contribution in [2.75, 3.05) is 0 Å². The van der Waals surface area contributed by atoms with Gasteiger partial charge in [-0.05, 0) is 35.4 Å². The van der Waals surface area contributed by atoms with Crippen LogP contribution >= 0.6 is 0 Å². The minimum absolute atomic E-state index is 0.240. The highest BCUT2D eigenvalue weighted by Gasteiger charge is 2.72. The van der Waals surface area contributed by atoms with Gasteiger partial charge in [-0.15, -0.1) is 0 Å². The van der Waals surface area contributed by atoms with Crippen LogP contribution < -0.4 is 0 Å².